The highest BCUT2D eigenvalue weighted by atomic mass is 35.5. The molecule has 0 spiro atoms. The monoisotopic (exact) mass is 512 g/mol. The Bertz CT molecular complexity index is 870. The molecule has 35 heavy (non-hydrogen) atoms. The number of hydrogen-bond donors (Lipinski definition) is 2. The molecule has 2 N–H and O–H groups in total. The molecule has 2 aliphatic rings. The fourth-order valence-corrected chi connectivity index (χ4v) is 5.29. The molecule has 2 atom stereocenters. The van der Waals surface area contributed by atoms with Gasteiger partial charge in [0.2, 0.25) is 17.6 Å². The second-order valence-corrected chi connectivity index (χ2v) is 10.5. The molecule has 3 rings (SSSR count). The van der Waals surface area contributed by atoms with Gasteiger partial charge in [-0.15, -0.1) is 0 Å². The Balaban J connectivity index is 1.71. The van der Waals surface area contributed by atoms with Gasteiger partial charge in [-0.2, -0.15) is 4.98 Å². The zero-order valence-electron chi connectivity index (χ0n) is 20.9. The smallest absolute Gasteiger partial charge is 0.233 e. The maximum absolute atomic E-state index is 15.5. The number of likely N-dealkylation sites (N-methyl/N-ethyl adjacent to an activating group) is 1. The van der Waals surface area contributed by atoms with Gasteiger partial charge in [0, 0.05) is 25.2 Å². The molecule has 1 aromatic heterocycles. The molecule has 11 heteroatoms. The Morgan fingerprint density at radius 3 is 2.66 bits per heavy atom. The average molecular weight is 513 g/mol. The number of nitrogens with one attached hydrogen (secondary N) is 1. The van der Waals surface area contributed by atoms with Crippen molar-refractivity contribution in [3.8, 4) is 0 Å². The Morgan fingerprint density at radius 2 is 2.00 bits per heavy atom. The predicted molar refractivity (Wildman–Crippen MR) is 132 cm³/mol. The van der Waals surface area contributed by atoms with Crippen LogP contribution in [0, 0.1) is 17.7 Å². The molecule has 0 bridgehead atoms. The van der Waals surface area contributed by atoms with Crippen LogP contribution in [-0.4, -0.2) is 76.2 Å². The number of carbonyl (C=O) groups excluding carboxylic acids is 2. The van der Waals surface area contributed by atoms with E-state index < -0.39 is 11.7 Å². The Morgan fingerprint density at radius 1 is 1.29 bits per heavy atom. The molecule has 2 amide bonds. The number of anilines is 1. The lowest BCUT2D eigenvalue weighted by atomic mass is 9.92. The van der Waals surface area contributed by atoms with Crippen molar-refractivity contribution in [2.45, 2.75) is 77.4 Å². The number of rotatable bonds is 12. The van der Waals surface area contributed by atoms with Crippen LogP contribution in [0.25, 0.3) is 0 Å². The van der Waals surface area contributed by atoms with Crippen molar-refractivity contribution in [3.05, 3.63) is 16.8 Å². The highest BCUT2D eigenvalue weighted by Crippen LogP contribution is 2.31. The van der Waals surface area contributed by atoms with Crippen LogP contribution in [0.4, 0.5) is 10.2 Å². The van der Waals surface area contributed by atoms with Crippen LogP contribution in [0.5, 0.6) is 0 Å². The summed E-state index contributed by atoms with van der Waals surface area (Å²) in [6.07, 6.45) is 7.00. The van der Waals surface area contributed by atoms with E-state index in [4.69, 9.17) is 11.6 Å². The normalized spacial score (nSPS) is 19.5. The molecule has 1 aliphatic carbocycles. The molecular weight excluding hydrogens is 475 g/mol. The summed E-state index contributed by atoms with van der Waals surface area (Å²) >= 11 is 6.17. The van der Waals surface area contributed by atoms with Crippen LogP contribution < -0.4 is 10.2 Å². The highest BCUT2D eigenvalue weighted by Gasteiger charge is 2.31. The molecule has 0 aromatic carbocycles. The van der Waals surface area contributed by atoms with Crippen LogP contribution in [0.2, 0.25) is 5.28 Å². The summed E-state index contributed by atoms with van der Waals surface area (Å²) < 4.78 is 15.5. The van der Waals surface area contributed by atoms with Gasteiger partial charge in [0.15, 0.2) is 11.6 Å². The predicted octanol–water partition coefficient (Wildman–Crippen LogP) is 3.24. The molecule has 1 saturated heterocycles. The molecule has 2 fully saturated rings. The van der Waals surface area contributed by atoms with Gasteiger partial charge in [0.05, 0.1) is 19.0 Å². The Kier molecular flexibility index (Phi) is 10.1. The first-order chi connectivity index (χ1) is 16.7. The maximum Gasteiger partial charge on any atom is 0.233 e. The highest BCUT2D eigenvalue weighted by molar-refractivity contribution is 6.28. The summed E-state index contributed by atoms with van der Waals surface area (Å²) in [4.78, 5) is 36.3. The van der Waals surface area contributed by atoms with E-state index in [0.29, 0.717) is 30.0 Å². The number of halogens is 2. The summed E-state index contributed by atoms with van der Waals surface area (Å²) in [7, 11) is 2.05. The summed E-state index contributed by atoms with van der Waals surface area (Å²) in [6, 6.07) is 0.480. The van der Waals surface area contributed by atoms with E-state index in [2.05, 4.69) is 34.0 Å². The Labute approximate surface area is 212 Å². The third kappa shape index (κ3) is 7.47. The van der Waals surface area contributed by atoms with Crippen molar-refractivity contribution in [1.82, 2.24) is 25.2 Å². The third-order valence-electron chi connectivity index (χ3n) is 7.33. The van der Waals surface area contributed by atoms with E-state index in [-0.39, 0.29) is 48.2 Å². The fourth-order valence-electron chi connectivity index (χ4n) is 5.10. The minimum Gasteiger partial charge on any atom is -0.350 e. The van der Waals surface area contributed by atoms with Crippen molar-refractivity contribution in [3.63, 3.8) is 0 Å². The second-order valence-electron chi connectivity index (χ2n) is 10.1. The number of carbonyl (C=O) groups is 2. The molecular formula is C24H38ClFN6O3. The number of nitrogens with zero attached hydrogens (tertiary/aromatic N) is 5. The third-order valence-corrected chi connectivity index (χ3v) is 7.50. The van der Waals surface area contributed by atoms with Gasteiger partial charge in [0.1, 0.15) is 5.69 Å². The molecule has 196 valence electrons. The van der Waals surface area contributed by atoms with Gasteiger partial charge in [-0.3, -0.25) is 14.8 Å². The first-order valence-electron chi connectivity index (χ1n) is 12.6. The Hall–Kier alpha value is -2.04. The van der Waals surface area contributed by atoms with Crippen molar-refractivity contribution in [2.75, 3.05) is 31.6 Å². The van der Waals surface area contributed by atoms with E-state index in [1.54, 1.807) is 0 Å². The first kappa shape index (κ1) is 27.5. The van der Waals surface area contributed by atoms with Crippen LogP contribution in [0.15, 0.2) is 0 Å². The molecule has 1 aromatic rings. The number of hydrogen-bond acceptors (Lipinski definition) is 7. The van der Waals surface area contributed by atoms with E-state index in [1.165, 1.54) is 0 Å². The number of aromatic nitrogens is 2. The van der Waals surface area contributed by atoms with Gasteiger partial charge in [-0.25, -0.2) is 14.4 Å². The van der Waals surface area contributed by atoms with Gasteiger partial charge < -0.3 is 15.1 Å². The topological polar surface area (TPSA) is 102 Å². The lowest BCUT2D eigenvalue weighted by Crippen LogP contribution is -2.42. The standard InChI is InChI=1S/C24H38ClFN6O3/c1-16(2)30(3)14-19-9-6-10-32(19)22-21(26)20(28-24(25)29-22)12-27-23(34)18(13-31(35)15-33)11-17-7-4-5-8-17/h15-19,35H,4-14H2,1-3H3,(H,27,34)/t18-,19+/m1/s1. The number of amides is 2. The molecule has 9 nitrogen and oxygen atoms in total. The van der Waals surface area contributed by atoms with Gasteiger partial charge in [-0.1, -0.05) is 25.7 Å². The lowest BCUT2D eigenvalue weighted by molar-refractivity contribution is -0.155. The van der Waals surface area contributed by atoms with E-state index in [9.17, 15) is 14.8 Å². The molecule has 0 unspecified atom stereocenters. The average Bonchev–Trinajstić information content (AvgIpc) is 3.50. The van der Waals surface area contributed by atoms with E-state index in [0.717, 1.165) is 45.1 Å². The summed E-state index contributed by atoms with van der Waals surface area (Å²) in [5.41, 5.74) is 0.0204. The van der Waals surface area contributed by atoms with Gasteiger partial charge in [0.25, 0.3) is 0 Å². The second kappa shape index (κ2) is 12.8. The molecule has 2 heterocycles. The molecule has 1 saturated carbocycles. The van der Waals surface area contributed by atoms with E-state index >= 15 is 4.39 Å². The first-order valence-corrected chi connectivity index (χ1v) is 12.9. The minimum atomic E-state index is -0.595. The zero-order valence-corrected chi connectivity index (χ0v) is 21.7. The quantitative estimate of drug-likeness (QED) is 0.192. The summed E-state index contributed by atoms with van der Waals surface area (Å²) in [5, 5.41) is 12.8. The van der Waals surface area contributed by atoms with Crippen LogP contribution >= 0.6 is 11.6 Å². The zero-order chi connectivity index (χ0) is 25.5. The van der Waals surface area contributed by atoms with Crippen LogP contribution in [-0.2, 0) is 16.1 Å². The molecule has 0 radical (unpaired) electrons. The molecule has 1 aliphatic heterocycles. The maximum atomic E-state index is 15.5. The fraction of sp³-hybridized carbons (Fsp3) is 0.750. The van der Waals surface area contributed by atoms with Crippen molar-refractivity contribution >= 4 is 29.7 Å². The minimum absolute atomic E-state index is 0.0204. The lowest BCUT2D eigenvalue weighted by Gasteiger charge is -2.31. The van der Waals surface area contributed by atoms with Crippen molar-refractivity contribution < 1.29 is 19.2 Å². The van der Waals surface area contributed by atoms with Gasteiger partial charge in [-0.05, 0) is 57.7 Å². The summed E-state index contributed by atoms with van der Waals surface area (Å²) in [5.74, 6) is -0.996. The van der Waals surface area contributed by atoms with Crippen LogP contribution in [0.3, 0.4) is 0 Å². The SMILES string of the molecule is CC(C)N(C)C[C@@H]1CCCN1c1nc(Cl)nc(CNC(=O)[C@H](CC2CCCC2)CN(O)C=O)c1F. The largest absolute Gasteiger partial charge is 0.350 e. The van der Waals surface area contributed by atoms with Crippen LogP contribution in [0.1, 0.15) is 64.5 Å². The van der Waals surface area contributed by atoms with Crippen molar-refractivity contribution in [1.29, 1.82) is 0 Å². The van der Waals surface area contributed by atoms with E-state index in [1.807, 2.05) is 11.9 Å². The van der Waals surface area contributed by atoms with Gasteiger partial charge >= 0.3 is 0 Å². The number of hydroxylamine groups is 2. The van der Waals surface area contributed by atoms with Crippen molar-refractivity contribution in [2.24, 2.45) is 11.8 Å². The summed E-state index contributed by atoms with van der Waals surface area (Å²) in [6.45, 7) is 5.43.